The highest BCUT2D eigenvalue weighted by Crippen LogP contribution is 2.39. The molecule has 20 heavy (non-hydrogen) atoms. The predicted octanol–water partition coefficient (Wildman–Crippen LogP) is 4.39. The molecule has 0 aromatic heterocycles. The summed E-state index contributed by atoms with van der Waals surface area (Å²) in [5.74, 6) is 2.53. The number of nitrogens with one attached hydrogen (secondary N) is 1. The molecule has 0 spiro atoms. The Kier molecular flexibility index (Phi) is 5.92. The summed E-state index contributed by atoms with van der Waals surface area (Å²) in [6.45, 7) is 11.5. The molecule has 2 aliphatic rings. The summed E-state index contributed by atoms with van der Waals surface area (Å²) < 4.78 is 6.75. The molecule has 0 saturated heterocycles. The van der Waals surface area contributed by atoms with E-state index in [9.17, 15) is 0 Å². The smallest absolute Gasteiger partial charge is 0.0812 e. The van der Waals surface area contributed by atoms with Gasteiger partial charge in [0.2, 0.25) is 0 Å². The maximum Gasteiger partial charge on any atom is 0.0812 e. The van der Waals surface area contributed by atoms with Gasteiger partial charge in [0, 0.05) is 6.54 Å². The van der Waals surface area contributed by atoms with Crippen molar-refractivity contribution in [1.29, 1.82) is 0 Å². The van der Waals surface area contributed by atoms with Crippen LogP contribution in [-0.4, -0.2) is 24.8 Å². The van der Waals surface area contributed by atoms with Crippen molar-refractivity contribution < 1.29 is 4.74 Å². The minimum absolute atomic E-state index is 0.124. The van der Waals surface area contributed by atoms with Gasteiger partial charge in [-0.1, -0.05) is 40.5 Å². The van der Waals surface area contributed by atoms with Crippen LogP contribution in [0.2, 0.25) is 0 Å². The van der Waals surface area contributed by atoms with Crippen LogP contribution in [0.3, 0.4) is 0 Å². The second-order valence-electron chi connectivity index (χ2n) is 7.67. The van der Waals surface area contributed by atoms with Crippen molar-refractivity contribution in [2.75, 3.05) is 13.1 Å². The van der Waals surface area contributed by atoms with Crippen molar-refractivity contribution in [3.05, 3.63) is 0 Å². The molecule has 2 nitrogen and oxygen atoms in total. The van der Waals surface area contributed by atoms with Crippen LogP contribution in [0.15, 0.2) is 0 Å². The summed E-state index contributed by atoms with van der Waals surface area (Å²) in [5.41, 5.74) is 0.124. The van der Waals surface area contributed by atoms with Gasteiger partial charge in [0.15, 0.2) is 0 Å². The van der Waals surface area contributed by atoms with Gasteiger partial charge in [-0.2, -0.15) is 0 Å². The van der Waals surface area contributed by atoms with Gasteiger partial charge in [-0.3, -0.25) is 0 Å². The van der Waals surface area contributed by atoms with Gasteiger partial charge >= 0.3 is 0 Å². The van der Waals surface area contributed by atoms with Gasteiger partial charge in [0.05, 0.1) is 11.7 Å². The predicted molar refractivity (Wildman–Crippen MR) is 86.0 cm³/mol. The SMILES string of the molecule is CCNCC1(OC2CCC(C)C(C)C2)CCCC(C)C1. The third kappa shape index (κ3) is 4.21. The van der Waals surface area contributed by atoms with Gasteiger partial charge in [-0.25, -0.2) is 0 Å². The quantitative estimate of drug-likeness (QED) is 0.807. The minimum atomic E-state index is 0.124. The van der Waals surface area contributed by atoms with Gasteiger partial charge in [-0.15, -0.1) is 0 Å². The lowest BCUT2D eigenvalue weighted by Gasteiger charge is -2.44. The van der Waals surface area contributed by atoms with E-state index in [1.807, 2.05) is 0 Å². The molecular formula is C18H35NO. The molecule has 2 fully saturated rings. The first-order chi connectivity index (χ1) is 9.54. The molecule has 0 bridgehead atoms. The van der Waals surface area contributed by atoms with Gasteiger partial charge in [0.1, 0.15) is 0 Å². The summed E-state index contributed by atoms with van der Waals surface area (Å²) in [7, 11) is 0. The normalized spacial score (nSPS) is 42.6. The molecule has 2 rings (SSSR count). The summed E-state index contributed by atoms with van der Waals surface area (Å²) in [4.78, 5) is 0. The molecule has 0 aromatic carbocycles. The molecule has 0 amide bonds. The molecule has 0 aromatic rings. The lowest BCUT2D eigenvalue weighted by Crippen LogP contribution is -2.49. The number of likely N-dealkylation sites (N-methyl/N-ethyl adjacent to an activating group) is 1. The van der Waals surface area contributed by atoms with E-state index in [0.717, 1.165) is 30.8 Å². The van der Waals surface area contributed by atoms with Crippen LogP contribution >= 0.6 is 0 Å². The first-order valence-electron chi connectivity index (χ1n) is 8.93. The fourth-order valence-corrected chi connectivity index (χ4v) is 4.23. The minimum Gasteiger partial charge on any atom is -0.370 e. The van der Waals surface area contributed by atoms with Crippen molar-refractivity contribution in [2.45, 2.75) is 84.3 Å². The van der Waals surface area contributed by atoms with Gasteiger partial charge < -0.3 is 10.1 Å². The van der Waals surface area contributed by atoms with Crippen LogP contribution in [0, 0.1) is 17.8 Å². The number of rotatable bonds is 5. The van der Waals surface area contributed by atoms with E-state index >= 15 is 0 Å². The summed E-state index contributed by atoms with van der Waals surface area (Å²) >= 11 is 0. The Morgan fingerprint density at radius 3 is 2.55 bits per heavy atom. The second-order valence-corrected chi connectivity index (χ2v) is 7.67. The zero-order valence-electron chi connectivity index (χ0n) is 14.1. The van der Waals surface area contributed by atoms with Crippen LogP contribution in [-0.2, 0) is 4.74 Å². The maximum atomic E-state index is 6.75. The molecule has 0 aliphatic heterocycles. The summed E-state index contributed by atoms with van der Waals surface area (Å²) in [6.07, 6.45) is 9.62. The average Bonchev–Trinajstić information content (AvgIpc) is 2.41. The van der Waals surface area contributed by atoms with E-state index in [1.54, 1.807) is 0 Å². The fourth-order valence-electron chi connectivity index (χ4n) is 4.23. The van der Waals surface area contributed by atoms with E-state index in [4.69, 9.17) is 4.74 Å². The van der Waals surface area contributed by atoms with Gasteiger partial charge in [-0.05, 0) is 56.4 Å². The van der Waals surface area contributed by atoms with Crippen molar-refractivity contribution in [1.82, 2.24) is 5.32 Å². The molecule has 5 unspecified atom stereocenters. The Labute approximate surface area is 126 Å². The zero-order valence-corrected chi connectivity index (χ0v) is 14.1. The Balaban J connectivity index is 1.96. The molecule has 2 saturated carbocycles. The van der Waals surface area contributed by atoms with Crippen molar-refractivity contribution in [3.63, 3.8) is 0 Å². The molecule has 118 valence electrons. The molecule has 2 aliphatic carbocycles. The Morgan fingerprint density at radius 1 is 1.10 bits per heavy atom. The van der Waals surface area contributed by atoms with E-state index in [2.05, 4.69) is 33.0 Å². The molecule has 1 N–H and O–H groups in total. The highest BCUT2D eigenvalue weighted by atomic mass is 16.5. The standard InChI is InChI=1S/C18H35NO/c1-5-19-13-18(10-6-7-14(2)12-18)20-17-9-8-15(3)16(4)11-17/h14-17,19H,5-13H2,1-4H3. The fraction of sp³-hybridized carbons (Fsp3) is 1.00. The van der Waals surface area contributed by atoms with Crippen LogP contribution in [0.25, 0.3) is 0 Å². The van der Waals surface area contributed by atoms with Crippen LogP contribution in [0.1, 0.15) is 72.6 Å². The van der Waals surface area contributed by atoms with E-state index in [0.29, 0.717) is 6.10 Å². The summed E-state index contributed by atoms with van der Waals surface area (Å²) in [5, 5.41) is 3.56. The van der Waals surface area contributed by atoms with Crippen LogP contribution in [0.5, 0.6) is 0 Å². The van der Waals surface area contributed by atoms with Crippen molar-refractivity contribution in [3.8, 4) is 0 Å². The monoisotopic (exact) mass is 281 g/mol. The Hall–Kier alpha value is -0.0800. The first kappa shape index (κ1) is 16.3. The van der Waals surface area contributed by atoms with Crippen LogP contribution < -0.4 is 5.32 Å². The van der Waals surface area contributed by atoms with Crippen molar-refractivity contribution >= 4 is 0 Å². The van der Waals surface area contributed by atoms with Crippen LogP contribution in [0.4, 0.5) is 0 Å². The topological polar surface area (TPSA) is 21.3 Å². The molecule has 0 radical (unpaired) electrons. The third-order valence-electron chi connectivity index (χ3n) is 5.71. The highest BCUT2D eigenvalue weighted by molar-refractivity contribution is 4.91. The lowest BCUT2D eigenvalue weighted by molar-refractivity contribution is -0.137. The molecule has 2 heteroatoms. The van der Waals surface area contributed by atoms with Gasteiger partial charge in [0.25, 0.3) is 0 Å². The third-order valence-corrected chi connectivity index (χ3v) is 5.71. The van der Waals surface area contributed by atoms with E-state index in [-0.39, 0.29) is 5.60 Å². The summed E-state index contributed by atoms with van der Waals surface area (Å²) in [6, 6.07) is 0. The van der Waals surface area contributed by atoms with E-state index in [1.165, 1.54) is 44.9 Å². The highest BCUT2D eigenvalue weighted by Gasteiger charge is 2.39. The average molecular weight is 281 g/mol. The molecular weight excluding hydrogens is 246 g/mol. The number of ether oxygens (including phenoxy) is 1. The Bertz CT molecular complexity index is 293. The number of hydrogen-bond acceptors (Lipinski definition) is 2. The second kappa shape index (κ2) is 7.26. The zero-order chi connectivity index (χ0) is 14.6. The largest absolute Gasteiger partial charge is 0.370 e. The lowest BCUT2D eigenvalue weighted by atomic mass is 9.77. The molecule has 0 heterocycles. The first-order valence-corrected chi connectivity index (χ1v) is 8.93. The number of hydrogen-bond donors (Lipinski definition) is 1. The Morgan fingerprint density at radius 2 is 1.90 bits per heavy atom. The van der Waals surface area contributed by atoms with Crippen molar-refractivity contribution in [2.24, 2.45) is 17.8 Å². The maximum absolute atomic E-state index is 6.75. The van der Waals surface area contributed by atoms with E-state index < -0.39 is 0 Å². The molecule has 5 atom stereocenters.